The van der Waals surface area contributed by atoms with E-state index in [1.165, 1.54) is 5.56 Å². The molecule has 0 spiro atoms. The first-order valence-corrected chi connectivity index (χ1v) is 12.9. The lowest BCUT2D eigenvalue weighted by atomic mass is 10.0. The zero-order valence-electron chi connectivity index (χ0n) is 19.4. The average molecular weight is 548 g/mol. The third-order valence-corrected chi connectivity index (χ3v) is 7.19. The summed E-state index contributed by atoms with van der Waals surface area (Å²) in [5.74, 6) is 1.70. The summed E-state index contributed by atoms with van der Waals surface area (Å²) in [7, 11) is 0. The van der Waals surface area contributed by atoms with Crippen molar-refractivity contribution in [2.24, 2.45) is 0 Å². The van der Waals surface area contributed by atoms with E-state index >= 15 is 0 Å². The summed E-state index contributed by atoms with van der Waals surface area (Å²) in [5, 5.41) is 7.71. The second-order valence-corrected chi connectivity index (χ2v) is 9.89. The van der Waals surface area contributed by atoms with Gasteiger partial charge in [0.05, 0.1) is 11.7 Å². The van der Waals surface area contributed by atoms with Crippen LogP contribution in [0.15, 0.2) is 93.9 Å². The second kappa shape index (κ2) is 10.6. The largest absolute Gasteiger partial charge is 0.459 e. The Hall–Kier alpha value is -3.16. The number of aryl methyl sites for hydroxylation is 1. The van der Waals surface area contributed by atoms with Gasteiger partial charge in [0.1, 0.15) is 17.6 Å². The molecule has 2 aromatic heterocycles. The van der Waals surface area contributed by atoms with Crippen LogP contribution >= 0.6 is 28.1 Å². The number of nitrogens with one attached hydrogen (secondary N) is 2. The molecule has 0 bridgehead atoms. The molecular weight excluding hydrogens is 520 g/mol. The molecule has 0 saturated carbocycles. The Balaban J connectivity index is 1.39. The Morgan fingerprint density at radius 2 is 1.89 bits per heavy atom. The minimum Gasteiger partial charge on any atom is -0.459 e. The summed E-state index contributed by atoms with van der Waals surface area (Å²) in [4.78, 5) is 6.85. The minimum absolute atomic E-state index is 0.0906. The van der Waals surface area contributed by atoms with Gasteiger partial charge in [0.2, 0.25) is 0 Å². The molecular formula is C28H27BrN4OS. The standard InChI is InChI=1S/C28H27BrN4OS/c1-19-11-12-21(22(29)18-19)24-13-14-25(34-24)27-26(23-10-5-6-15-31-23)32-28(35)33(27)17-7-16-30-20-8-3-2-4-9-20/h2-6,8-15,18,26-27,30H,7,16-17H2,1H3,(H,32,35)/t26-,27-/m0/s1. The number of hydrogen-bond donors (Lipinski definition) is 2. The lowest BCUT2D eigenvalue weighted by molar-refractivity contribution is 0.274. The first-order valence-electron chi connectivity index (χ1n) is 11.7. The number of aromatic nitrogens is 1. The first kappa shape index (κ1) is 23.6. The van der Waals surface area contributed by atoms with Gasteiger partial charge in [0.15, 0.2) is 5.11 Å². The number of pyridine rings is 1. The number of benzene rings is 2. The maximum Gasteiger partial charge on any atom is 0.170 e. The number of nitrogens with zero attached hydrogens (tertiary/aromatic N) is 2. The first-order chi connectivity index (χ1) is 17.1. The summed E-state index contributed by atoms with van der Waals surface area (Å²) in [5.41, 5.74) is 4.29. The van der Waals surface area contributed by atoms with Crippen LogP contribution in [0, 0.1) is 6.92 Å². The van der Waals surface area contributed by atoms with Crippen LogP contribution in [0.4, 0.5) is 5.69 Å². The van der Waals surface area contributed by atoms with E-state index in [9.17, 15) is 0 Å². The molecule has 2 atom stereocenters. The van der Waals surface area contributed by atoms with Crippen molar-refractivity contribution in [3.05, 3.63) is 107 Å². The molecule has 1 aliphatic rings. The Morgan fingerprint density at radius 1 is 1.06 bits per heavy atom. The molecule has 0 aliphatic carbocycles. The molecule has 1 fully saturated rings. The molecule has 2 N–H and O–H groups in total. The fourth-order valence-corrected chi connectivity index (χ4v) is 5.49. The van der Waals surface area contributed by atoms with Crippen molar-refractivity contribution >= 4 is 38.9 Å². The SMILES string of the molecule is Cc1ccc(-c2ccc([C@H]3[C@H](c4ccccn4)NC(=S)N3CCCNc3ccccc3)o2)c(Br)c1. The van der Waals surface area contributed by atoms with E-state index in [4.69, 9.17) is 16.6 Å². The summed E-state index contributed by atoms with van der Waals surface area (Å²) in [6.07, 6.45) is 2.75. The molecule has 2 aromatic carbocycles. The maximum atomic E-state index is 6.47. The number of halogens is 1. The van der Waals surface area contributed by atoms with Crippen LogP contribution in [0.1, 0.15) is 35.5 Å². The normalized spacial score (nSPS) is 17.4. The van der Waals surface area contributed by atoms with E-state index in [0.29, 0.717) is 0 Å². The fourth-order valence-electron chi connectivity index (χ4n) is 4.47. The Bertz CT molecular complexity index is 1290. The van der Waals surface area contributed by atoms with Gasteiger partial charge in [-0.3, -0.25) is 4.98 Å². The van der Waals surface area contributed by atoms with Crippen LogP contribution in [-0.2, 0) is 0 Å². The number of thiocarbonyl (C=S) groups is 1. The van der Waals surface area contributed by atoms with E-state index in [-0.39, 0.29) is 12.1 Å². The summed E-state index contributed by atoms with van der Waals surface area (Å²) in [6.45, 7) is 3.73. The number of anilines is 1. The van der Waals surface area contributed by atoms with Crippen molar-refractivity contribution in [1.82, 2.24) is 15.2 Å². The predicted molar refractivity (Wildman–Crippen MR) is 148 cm³/mol. The Labute approximate surface area is 219 Å². The summed E-state index contributed by atoms with van der Waals surface area (Å²) < 4.78 is 7.48. The van der Waals surface area contributed by atoms with Gasteiger partial charge in [-0.2, -0.15) is 0 Å². The second-order valence-electron chi connectivity index (χ2n) is 8.65. The number of hydrogen-bond acceptors (Lipinski definition) is 4. The van der Waals surface area contributed by atoms with Crippen LogP contribution in [0.25, 0.3) is 11.3 Å². The highest BCUT2D eigenvalue weighted by molar-refractivity contribution is 9.10. The molecule has 0 amide bonds. The smallest absolute Gasteiger partial charge is 0.170 e. The van der Waals surface area contributed by atoms with Gasteiger partial charge in [-0.1, -0.05) is 46.3 Å². The van der Waals surface area contributed by atoms with Crippen molar-refractivity contribution in [1.29, 1.82) is 0 Å². The van der Waals surface area contributed by atoms with E-state index in [0.717, 1.165) is 57.6 Å². The van der Waals surface area contributed by atoms with E-state index in [2.05, 4.69) is 79.8 Å². The van der Waals surface area contributed by atoms with Crippen LogP contribution in [0.3, 0.4) is 0 Å². The average Bonchev–Trinajstić information content (AvgIpc) is 3.47. The molecule has 5 nitrogen and oxygen atoms in total. The van der Waals surface area contributed by atoms with Gasteiger partial charge in [-0.15, -0.1) is 0 Å². The van der Waals surface area contributed by atoms with Gasteiger partial charge >= 0.3 is 0 Å². The lowest BCUT2D eigenvalue weighted by Gasteiger charge is -2.26. The molecule has 35 heavy (non-hydrogen) atoms. The van der Waals surface area contributed by atoms with Gasteiger partial charge in [0.25, 0.3) is 0 Å². The van der Waals surface area contributed by atoms with Crippen molar-refractivity contribution in [2.75, 3.05) is 18.4 Å². The fraction of sp³-hybridized carbons (Fsp3) is 0.214. The molecule has 0 radical (unpaired) electrons. The van der Waals surface area contributed by atoms with E-state index in [1.807, 2.05) is 48.7 Å². The highest BCUT2D eigenvalue weighted by atomic mass is 79.9. The molecule has 7 heteroatoms. The van der Waals surface area contributed by atoms with Crippen LogP contribution in [0.2, 0.25) is 0 Å². The van der Waals surface area contributed by atoms with Crippen molar-refractivity contribution in [2.45, 2.75) is 25.4 Å². The third-order valence-electron chi connectivity index (χ3n) is 6.18. The lowest BCUT2D eigenvalue weighted by Crippen LogP contribution is -2.31. The highest BCUT2D eigenvalue weighted by Gasteiger charge is 2.41. The maximum absolute atomic E-state index is 6.47. The quantitative estimate of drug-likeness (QED) is 0.185. The van der Waals surface area contributed by atoms with Crippen LogP contribution in [0.5, 0.6) is 0 Å². The highest BCUT2D eigenvalue weighted by Crippen LogP contribution is 2.41. The molecule has 0 unspecified atom stereocenters. The van der Waals surface area contributed by atoms with Crippen molar-refractivity contribution in [3.63, 3.8) is 0 Å². The molecule has 4 aromatic rings. The Morgan fingerprint density at radius 3 is 2.66 bits per heavy atom. The van der Waals surface area contributed by atoms with Crippen molar-refractivity contribution in [3.8, 4) is 11.3 Å². The molecule has 178 valence electrons. The van der Waals surface area contributed by atoms with Crippen molar-refractivity contribution < 1.29 is 4.42 Å². The predicted octanol–water partition coefficient (Wildman–Crippen LogP) is 6.89. The minimum atomic E-state index is -0.0914. The van der Waals surface area contributed by atoms with Gasteiger partial charge < -0.3 is 20.0 Å². The molecule has 3 heterocycles. The molecule has 5 rings (SSSR count). The van der Waals surface area contributed by atoms with Gasteiger partial charge in [0, 0.05) is 35.0 Å². The number of para-hydroxylation sites is 1. The van der Waals surface area contributed by atoms with Gasteiger partial charge in [-0.05, 0) is 79.7 Å². The van der Waals surface area contributed by atoms with E-state index in [1.54, 1.807) is 0 Å². The van der Waals surface area contributed by atoms with Crippen LogP contribution in [-0.4, -0.2) is 28.1 Å². The topological polar surface area (TPSA) is 53.3 Å². The van der Waals surface area contributed by atoms with Gasteiger partial charge in [-0.25, -0.2) is 0 Å². The Kier molecular flexibility index (Phi) is 7.16. The number of furan rings is 1. The summed E-state index contributed by atoms with van der Waals surface area (Å²) in [6, 6.07) is 26.4. The third kappa shape index (κ3) is 5.26. The molecule has 1 saturated heterocycles. The van der Waals surface area contributed by atoms with Crippen LogP contribution < -0.4 is 10.6 Å². The number of rotatable bonds is 8. The molecule has 1 aliphatic heterocycles. The zero-order valence-corrected chi connectivity index (χ0v) is 21.9. The monoisotopic (exact) mass is 546 g/mol. The zero-order chi connectivity index (χ0) is 24.2. The summed E-state index contributed by atoms with van der Waals surface area (Å²) >= 11 is 9.48. The van der Waals surface area contributed by atoms with E-state index < -0.39 is 0 Å².